The lowest BCUT2D eigenvalue weighted by Crippen LogP contribution is -2.08. The normalized spacial score (nSPS) is 10.2. The fourth-order valence-corrected chi connectivity index (χ4v) is 1.73. The number of rotatable bonds is 3. The highest BCUT2D eigenvalue weighted by molar-refractivity contribution is 9.10. The van der Waals surface area contributed by atoms with Crippen LogP contribution in [0, 0.1) is 5.82 Å². The van der Waals surface area contributed by atoms with Gasteiger partial charge >= 0.3 is 0 Å². The molecule has 0 spiro atoms. The van der Waals surface area contributed by atoms with Crippen molar-refractivity contribution in [3.05, 3.63) is 58.3 Å². The Kier molecular flexibility index (Phi) is 3.58. The molecule has 2 rings (SSSR count). The van der Waals surface area contributed by atoms with Crippen molar-refractivity contribution >= 4 is 21.7 Å². The van der Waals surface area contributed by atoms with Gasteiger partial charge in [0.05, 0.1) is 12.0 Å². The van der Waals surface area contributed by atoms with Crippen LogP contribution < -0.4 is 0 Å². The van der Waals surface area contributed by atoms with Crippen LogP contribution in [0.1, 0.15) is 16.2 Å². The molecule has 0 aliphatic carbocycles. The molecule has 0 atom stereocenters. The summed E-state index contributed by atoms with van der Waals surface area (Å²) in [7, 11) is 0. The van der Waals surface area contributed by atoms with Crippen molar-refractivity contribution in [2.45, 2.75) is 6.42 Å². The van der Waals surface area contributed by atoms with E-state index in [9.17, 15) is 9.18 Å². The summed E-state index contributed by atoms with van der Waals surface area (Å²) in [5.41, 5.74) is 0.0480. The lowest BCUT2D eigenvalue weighted by Gasteiger charge is -2.02. The summed E-state index contributed by atoms with van der Waals surface area (Å²) in [6.07, 6.45) is 3.09. The Morgan fingerprint density at radius 2 is 2.00 bits per heavy atom. The van der Waals surface area contributed by atoms with E-state index < -0.39 is 5.82 Å². The van der Waals surface area contributed by atoms with Crippen molar-refractivity contribution in [3.63, 3.8) is 0 Å². The number of carbonyl (C=O) groups excluding carboxylic acids is 1. The average molecular weight is 295 g/mol. The number of hydrogen-bond donors (Lipinski definition) is 0. The van der Waals surface area contributed by atoms with Gasteiger partial charge in [0.25, 0.3) is 0 Å². The Bertz CT molecular complexity index is 545. The highest BCUT2D eigenvalue weighted by Gasteiger charge is 2.13. The molecule has 0 aliphatic rings. The summed E-state index contributed by atoms with van der Waals surface area (Å²) in [5, 5.41) is 0. The van der Waals surface area contributed by atoms with Gasteiger partial charge in [-0.1, -0.05) is 15.9 Å². The quantitative estimate of drug-likeness (QED) is 0.818. The highest BCUT2D eigenvalue weighted by Crippen LogP contribution is 2.16. The maximum absolute atomic E-state index is 13.4. The zero-order chi connectivity index (χ0) is 12.3. The SMILES string of the molecule is O=C(Cc1ncccn1)c1cc(Br)ccc1F. The van der Waals surface area contributed by atoms with E-state index in [1.807, 2.05) is 0 Å². The molecular weight excluding hydrogens is 287 g/mol. The average Bonchev–Trinajstić information content (AvgIpc) is 2.33. The third-order valence-corrected chi connectivity index (χ3v) is 2.66. The summed E-state index contributed by atoms with van der Waals surface area (Å²) in [6, 6.07) is 5.92. The lowest BCUT2D eigenvalue weighted by molar-refractivity contribution is 0.0987. The number of hydrogen-bond acceptors (Lipinski definition) is 3. The van der Waals surface area contributed by atoms with E-state index in [2.05, 4.69) is 25.9 Å². The first kappa shape index (κ1) is 11.9. The molecule has 1 heterocycles. The molecular formula is C12H8BrFN2O. The molecule has 0 bridgehead atoms. The van der Waals surface area contributed by atoms with E-state index in [-0.39, 0.29) is 17.8 Å². The monoisotopic (exact) mass is 294 g/mol. The molecule has 0 saturated heterocycles. The van der Waals surface area contributed by atoms with E-state index in [1.165, 1.54) is 12.1 Å². The lowest BCUT2D eigenvalue weighted by atomic mass is 10.1. The molecule has 1 aromatic carbocycles. The third kappa shape index (κ3) is 2.94. The summed E-state index contributed by atoms with van der Waals surface area (Å²) in [6.45, 7) is 0. The molecule has 17 heavy (non-hydrogen) atoms. The second-order valence-electron chi connectivity index (χ2n) is 3.39. The molecule has 86 valence electrons. The fraction of sp³-hybridized carbons (Fsp3) is 0.0833. The maximum atomic E-state index is 13.4. The largest absolute Gasteiger partial charge is 0.294 e. The number of Topliss-reactive ketones (excluding diaryl/α,β-unsaturated/α-hetero) is 1. The van der Waals surface area contributed by atoms with Crippen LogP contribution in [0.3, 0.4) is 0 Å². The molecule has 1 aromatic heterocycles. The van der Waals surface area contributed by atoms with Gasteiger partial charge in [-0.25, -0.2) is 14.4 Å². The third-order valence-electron chi connectivity index (χ3n) is 2.17. The first-order chi connectivity index (χ1) is 8.16. The summed E-state index contributed by atoms with van der Waals surface area (Å²) in [5.74, 6) is -0.485. The standard InChI is InChI=1S/C12H8BrFN2O/c13-8-2-3-10(14)9(6-8)11(17)7-12-15-4-1-5-16-12/h1-6H,7H2. The van der Waals surface area contributed by atoms with Crippen molar-refractivity contribution in [2.75, 3.05) is 0 Å². The van der Waals surface area contributed by atoms with E-state index in [0.717, 1.165) is 0 Å². The van der Waals surface area contributed by atoms with Crippen LogP contribution in [0.5, 0.6) is 0 Å². The van der Waals surface area contributed by atoms with Gasteiger partial charge in [-0.3, -0.25) is 4.79 Å². The minimum absolute atomic E-state index is 0.00574. The van der Waals surface area contributed by atoms with Crippen LogP contribution in [-0.2, 0) is 6.42 Å². The van der Waals surface area contributed by atoms with Crippen LogP contribution in [0.15, 0.2) is 41.1 Å². The van der Waals surface area contributed by atoms with Crippen LogP contribution in [-0.4, -0.2) is 15.8 Å². The van der Waals surface area contributed by atoms with Crippen molar-refractivity contribution in [1.82, 2.24) is 9.97 Å². The maximum Gasteiger partial charge on any atom is 0.173 e. The summed E-state index contributed by atoms with van der Waals surface area (Å²) < 4.78 is 14.1. The number of ketones is 1. The van der Waals surface area contributed by atoms with Crippen molar-refractivity contribution < 1.29 is 9.18 Å². The number of carbonyl (C=O) groups is 1. The van der Waals surface area contributed by atoms with Crippen LogP contribution in [0.2, 0.25) is 0 Å². The predicted octanol–water partition coefficient (Wildman–Crippen LogP) is 2.80. The minimum atomic E-state index is -0.533. The van der Waals surface area contributed by atoms with Gasteiger partial charge in [0.2, 0.25) is 0 Å². The molecule has 0 radical (unpaired) electrons. The Morgan fingerprint density at radius 1 is 1.29 bits per heavy atom. The van der Waals surface area contributed by atoms with Gasteiger partial charge in [0.15, 0.2) is 5.78 Å². The van der Waals surface area contributed by atoms with E-state index in [0.29, 0.717) is 10.3 Å². The smallest absolute Gasteiger partial charge is 0.173 e. The molecule has 0 aliphatic heterocycles. The highest BCUT2D eigenvalue weighted by atomic mass is 79.9. The van der Waals surface area contributed by atoms with E-state index in [4.69, 9.17) is 0 Å². The van der Waals surface area contributed by atoms with Crippen molar-refractivity contribution in [2.24, 2.45) is 0 Å². The Balaban J connectivity index is 2.23. The molecule has 0 N–H and O–H groups in total. The van der Waals surface area contributed by atoms with Crippen LogP contribution in [0.4, 0.5) is 4.39 Å². The second-order valence-corrected chi connectivity index (χ2v) is 4.30. The Hall–Kier alpha value is -1.62. The van der Waals surface area contributed by atoms with Crippen molar-refractivity contribution in [1.29, 1.82) is 0 Å². The van der Waals surface area contributed by atoms with Gasteiger partial charge < -0.3 is 0 Å². The molecule has 0 unspecified atom stereocenters. The van der Waals surface area contributed by atoms with E-state index in [1.54, 1.807) is 24.5 Å². The van der Waals surface area contributed by atoms with Gasteiger partial charge in [-0.05, 0) is 24.3 Å². The number of benzene rings is 1. The first-order valence-corrected chi connectivity index (χ1v) is 5.70. The van der Waals surface area contributed by atoms with Gasteiger partial charge in [0.1, 0.15) is 11.6 Å². The van der Waals surface area contributed by atoms with Crippen LogP contribution >= 0.6 is 15.9 Å². The van der Waals surface area contributed by atoms with Crippen molar-refractivity contribution in [3.8, 4) is 0 Å². The van der Waals surface area contributed by atoms with Gasteiger partial charge in [-0.2, -0.15) is 0 Å². The zero-order valence-corrected chi connectivity index (χ0v) is 10.3. The first-order valence-electron chi connectivity index (χ1n) is 4.91. The minimum Gasteiger partial charge on any atom is -0.294 e. The fourth-order valence-electron chi connectivity index (χ4n) is 1.37. The molecule has 0 fully saturated rings. The number of nitrogens with zero attached hydrogens (tertiary/aromatic N) is 2. The molecule has 3 nitrogen and oxygen atoms in total. The topological polar surface area (TPSA) is 42.9 Å². The molecule has 0 saturated carbocycles. The van der Waals surface area contributed by atoms with Gasteiger partial charge in [0, 0.05) is 16.9 Å². The predicted molar refractivity (Wildman–Crippen MR) is 64.2 cm³/mol. The molecule has 0 amide bonds. The van der Waals surface area contributed by atoms with Gasteiger partial charge in [-0.15, -0.1) is 0 Å². The molecule has 5 heteroatoms. The van der Waals surface area contributed by atoms with Crippen LogP contribution in [0.25, 0.3) is 0 Å². The summed E-state index contributed by atoms with van der Waals surface area (Å²) >= 11 is 3.20. The number of aromatic nitrogens is 2. The zero-order valence-electron chi connectivity index (χ0n) is 8.73. The number of halogens is 2. The van der Waals surface area contributed by atoms with E-state index >= 15 is 0 Å². The Labute approximate surface area is 106 Å². The molecule has 2 aromatic rings. The summed E-state index contributed by atoms with van der Waals surface area (Å²) in [4.78, 5) is 19.7. The Morgan fingerprint density at radius 3 is 2.71 bits per heavy atom. The second kappa shape index (κ2) is 5.14.